The number of hydrogen-bond donors (Lipinski definition) is 0. The molecule has 132 valence electrons. The summed E-state index contributed by atoms with van der Waals surface area (Å²) in [5.41, 5.74) is 2.06. The van der Waals surface area contributed by atoms with Crippen molar-refractivity contribution >= 4 is 44.7 Å². The van der Waals surface area contributed by atoms with Crippen LogP contribution in [0.4, 0.5) is 0 Å². The molecule has 0 aliphatic carbocycles. The first-order chi connectivity index (χ1) is 12.0. The lowest BCUT2D eigenvalue weighted by Crippen LogP contribution is -2.37. The number of rotatable bonds is 4. The van der Waals surface area contributed by atoms with Crippen molar-refractivity contribution in [1.82, 2.24) is 4.90 Å². The van der Waals surface area contributed by atoms with E-state index in [1.54, 1.807) is 0 Å². The van der Waals surface area contributed by atoms with Gasteiger partial charge in [-0.15, -0.1) is 0 Å². The third-order valence-electron chi connectivity index (χ3n) is 4.55. The molecular formula is C20H21BrClNOS. The van der Waals surface area contributed by atoms with Crippen LogP contribution in [0.3, 0.4) is 0 Å². The lowest BCUT2D eigenvalue weighted by atomic mass is 9.99. The Hall–Kier alpha value is -1.10. The van der Waals surface area contributed by atoms with E-state index in [1.807, 2.05) is 36.4 Å². The zero-order valence-electron chi connectivity index (χ0n) is 14.2. The first-order valence-electron chi connectivity index (χ1n) is 8.49. The molecule has 1 heterocycles. The monoisotopic (exact) mass is 437 g/mol. The van der Waals surface area contributed by atoms with Gasteiger partial charge in [-0.05, 0) is 54.7 Å². The smallest absolute Gasteiger partial charge is 0.130 e. The van der Waals surface area contributed by atoms with E-state index in [-0.39, 0.29) is 0 Å². The second-order valence-electron chi connectivity index (χ2n) is 6.53. The number of piperidine rings is 1. The molecule has 2 aromatic carbocycles. The molecule has 25 heavy (non-hydrogen) atoms. The van der Waals surface area contributed by atoms with Gasteiger partial charge in [0, 0.05) is 22.6 Å². The van der Waals surface area contributed by atoms with Crippen LogP contribution >= 0.6 is 39.7 Å². The Morgan fingerprint density at radius 1 is 1.20 bits per heavy atom. The molecule has 0 amide bonds. The number of benzene rings is 2. The van der Waals surface area contributed by atoms with Crippen LogP contribution in [0.2, 0.25) is 5.02 Å². The van der Waals surface area contributed by atoms with E-state index in [0.717, 1.165) is 50.4 Å². The molecule has 0 N–H and O–H groups in total. The molecule has 2 nitrogen and oxygen atoms in total. The number of nitrogens with zero attached hydrogens (tertiary/aromatic N) is 1. The van der Waals surface area contributed by atoms with Crippen molar-refractivity contribution in [3.8, 4) is 5.75 Å². The van der Waals surface area contributed by atoms with Crippen LogP contribution in [0.15, 0.2) is 46.9 Å². The van der Waals surface area contributed by atoms with Gasteiger partial charge in [0.1, 0.15) is 17.3 Å². The summed E-state index contributed by atoms with van der Waals surface area (Å²) in [5.74, 6) is 1.60. The minimum absolute atomic E-state index is 0.492. The minimum Gasteiger partial charge on any atom is -0.488 e. The zero-order valence-corrected chi connectivity index (χ0v) is 17.3. The van der Waals surface area contributed by atoms with Crippen molar-refractivity contribution in [2.75, 3.05) is 13.1 Å². The molecule has 3 rings (SSSR count). The van der Waals surface area contributed by atoms with Gasteiger partial charge in [0.2, 0.25) is 0 Å². The molecule has 0 atom stereocenters. The number of thiocarbonyl (C=S) groups is 1. The molecule has 0 saturated carbocycles. The highest BCUT2D eigenvalue weighted by atomic mass is 79.9. The van der Waals surface area contributed by atoms with Crippen molar-refractivity contribution in [3.63, 3.8) is 0 Å². The molecule has 0 unspecified atom stereocenters. The van der Waals surface area contributed by atoms with Gasteiger partial charge in [-0.3, -0.25) is 0 Å². The van der Waals surface area contributed by atoms with E-state index in [4.69, 9.17) is 28.6 Å². The Labute approximate surface area is 168 Å². The minimum atomic E-state index is 0.492. The van der Waals surface area contributed by atoms with E-state index < -0.39 is 0 Å². The summed E-state index contributed by atoms with van der Waals surface area (Å²) in [6, 6.07) is 13.7. The van der Waals surface area contributed by atoms with Gasteiger partial charge in [0.25, 0.3) is 0 Å². The Balaban J connectivity index is 1.75. The molecule has 1 saturated heterocycles. The van der Waals surface area contributed by atoms with E-state index >= 15 is 0 Å². The van der Waals surface area contributed by atoms with Crippen molar-refractivity contribution < 1.29 is 4.74 Å². The van der Waals surface area contributed by atoms with Crippen molar-refractivity contribution in [2.45, 2.75) is 26.4 Å². The second kappa shape index (κ2) is 8.52. The predicted molar refractivity (Wildman–Crippen MR) is 112 cm³/mol. The van der Waals surface area contributed by atoms with E-state index in [2.05, 4.69) is 33.8 Å². The van der Waals surface area contributed by atoms with E-state index in [0.29, 0.717) is 6.61 Å². The lowest BCUT2D eigenvalue weighted by molar-refractivity contribution is 0.281. The topological polar surface area (TPSA) is 12.5 Å². The summed E-state index contributed by atoms with van der Waals surface area (Å²) in [4.78, 5) is 3.17. The van der Waals surface area contributed by atoms with Crippen LogP contribution in [0.5, 0.6) is 5.75 Å². The van der Waals surface area contributed by atoms with Crippen molar-refractivity contribution in [3.05, 3.63) is 63.1 Å². The summed E-state index contributed by atoms with van der Waals surface area (Å²) in [6.45, 7) is 4.83. The first kappa shape index (κ1) is 18.7. The fraction of sp³-hybridized carbons (Fsp3) is 0.350. The van der Waals surface area contributed by atoms with Crippen molar-refractivity contribution in [1.29, 1.82) is 0 Å². The molecular weight excluding hydrogens is 418 g/mol. The van der Waals surface area contributed by atoms with Gasteiger partial charge in [-0.1, -0.05) is 58.8 Å². The van der Waals surface area contributed by atoms with Crippen molar-refractivity contribution in [2.24, 2.45) is 5.92 Å². The standard InChI is InChI=1S/C20H21BrClNOS/c1-14-8-10-23(11-9-14)20(25)18-12-16(21)4-7-19(18)24-13-15-2-5-17(22)6-3-15/h2-7,12,14H,8-11,13H2,1H3. The summed E-state index contributed by atoms with van der Waals surface area (Å²) < 4.78 is 7.08. The Morgan fingerprint density at radius 3 is 2.56 bits per heavy atom. The zero-order chi connectivity index (χ0) is 17.8. The number of ether oxygens (including phenoxy) is 1. The lowest BCUT2D eigenvalue weighted by Gasteiger charge is -2.33. The van der Waals surface area contributed by atoms with Crippen LogP contribution in [0.1, 0.15) is 30.9 Å². The van der Waals surface area contributed by atoms with Gasteiger partial charge in [0.05, 0.1) is 5.56 Å². The fourth-order valence-corrected chi connectivity index (χ4v) is 3.75. The number of likely N-dealkylation sites (tertiary alicyclic amines) is 1. The third kappa shape index (κ3) is 4.96. The highest BCUT2D eigenvalue weighted by Crippen LogP contribution is 2.28. The Morgan fingerprint density at radius 2 is 1.88 bits per heavy atom. The first-order valence-corrected chi connectivity index (χ1v) is 10.1. The van der Waals surface area contributed by atoms with E-state index in [1.165, 1.54) is 12.8 Å². The molecule has 1 aliphatic rings. The average Bonchev–Trinajstić information content (AvgIpc) is 2.62. The molecule has 0 radical (unpaired) electrons. The SMILES string of the molecule is CC1CCN(C(=S)c2cc(Br)ccc2OCc2ccc(Cl)cc2)CC1. The largest absolute Gasteiger partial charge is 0.488 e. The van der Waals surface area contributed by atoms with Crippen LogP contribution < -0.4 is 4.74 Å². The summed E-state index contributed by atoms with van der Waals surface area (Å²) in [5, 5.41) is 0.730. The number of halogens is 2. The van der Waals surface area contributed by atoms with Crippen LogP contribution in [0, 0.1) is 5.92 Å². The molecule has 1 fully saturated rings. The van der Waals surface area contributed by atoms with E-state index in [9.17, 15) is 0 Å². The van der Waals surface area contributed by atoms with Crippen LogP contribution in [0.25, 0.3) is 0 Å². The van der Waals surface area contributed by atoms with Gasteiger partial charge < -0.3 is 9.64 Å². The molecule has 0 bridgehead atoms. The molecule has 0 spiro atoms. The normalized spacial score (nSPS) is 15.2. The Kier molecular flexibility index (Phi) is 6.37. The summed E-state index contributed by atoms with van der Waals surface area (Å²) in [6.07, 6.45) is 2.38. The summed E-state index contributed by atoms with van der Waals surface area (Å²) >= 11 is 15.3. The van der Waals surface area contributed by atoms with Gasteiger partial charge in [-0.25, -0.2) is 0 Å². The number of hydrogen-bond acceptors (Lipinski definition) is 2. The fourth-order valence-electron chi connectivity index (χ4n) is 2.92. The summed E-state index contributed by atoms with van der Waals surface area (Å²) in [7, 11) is 0. The maximum Gasteiger partial charge on any atom is 0.130 e. The molecule has 1 aliphatic heterocycles. The maximum absolute atomic E-state index is 6.07. The van der Waals surface area contributed by atoms with Crippen LogP contribution in [-0.4, -0.2) is 23.0 Å². The maximum atomic E-state index is 6.07. The average molecular weight is 439 g/mol. The van der Waals surface area contributed by atoms with Crippen LogP contribution in [-0.2, 0) is 6.61 Å². The quantitative estimate of drug-likeness (QED) is 0.536. The van der Waals surface area contributed by atoms with Gasteiger partial charge in [-0.2, -0.15) is 0 Å². The second-order valence-corrected chi connectivity index (χ2v) is 8.27. The highest BCUT2D eigenvalue weighted by Gasteiger charge is 2.21. The Bertz CT molecular complexity index is 742. The van der Waals surface area contributed by atoms with Gasteiger partial charge >= 0.3 is 0 Å². The molecule has 0 aromatic heterocycles. The third-order valence-corrected chi connectivity index (χ3v) is 5.77. The predicted octanol–water partition coefficient (Wildman–Crippen LogP) is 6.09. The highest BCUT2D eigenvalue weighted by molar-refractivity contribution is 9.10. The molecule has 2 aromatic rings. The van der Waals surface area contributed by atoms with Gasteiger partial charge in [0.15, 0.2) is 0 Å². The molecule has 5 heteroatoms.